The maximum Gasteiger partial charge on any atom is 0.191 e. The van der Waals surface area contributed by atoms with Crippen LogP contribution >= 0.6 is 0 Å². The lowest BCUT2D eigenvalue weighted by Crippen LogP contribution is -2.70. The number of nitrogens with one attached hydrogen (secondary N) is 2. The van der Waals surface area contributed by atoms with Crippen molar-refractivity contribution < 1.29 is 4.74 Å². The fraction of sp³-hybridized carbons (Fsp3) is 0.850. The van der Waals surface area contributed by atoms with Crippen LogP contribution in [0.2, 0.25) is 0 Å². The molecule has 0 spiro atoms. The fourth-order valence-electron chi connectivity index (χ4n) is 3.99. The summed E-state index contributed by atoms with van der Waals surface area (Å²) in [6.45, 7) is 19.0. The van der Waals surface area contributed by atoms with Crippen molar-refractivity contribution in [2.45, 2.75) is 71.6 Å². The molecule has 5 nitrogen and oxygen atoms in total. The molecule has 1 aliphatic carbocycles. The van der Waals surface area contributed by atoms with Gasteiger partial charge in [0.2, 0.25) is 0 Å². The van der Waals surface area contributed by atoms with Gasteiger partial charge < -0.3 is 15.4 Å². The molecule has 2 unspecified atom stereocenters. The van der Waals surface area contributed by atoms with Crippen molar-refractivity contribution >= 4 is 5.96 Å². The second-order valence-electron chi connectivity index (χ2n) is 8.53. The van der Waals surface area contributed by atoms with Gasteiger partial charge in [0.05, 0.1) is 5.60 Å². The van der Waals surface area contributed by atoms with E-state index in [1.807, 2.05) is 7.11 Å². The van der Waals surface area contributed by atoms with E-state index in [-0.39, 0.29) is 11.0 Å². The minimum absolute atomic E-state index is 0.0596. The molecule has 144 valence electrons. The second-order valence-corrected chi connectivity index (χ2v) is 8.53. The average molecular weight is 351 g/mol. The zero-order valence-electron chi connectivity index (χ0n) is 17.1. The van der Waals surface area contributed by atoms with Crippen molar-refractivity contribution in [3.63, 3.8) is 0 Å². The van der Waals surface area contributed by atoms with Crippen LogP contribution in [-0.4, -0.2) is 61.8 Å². The largest absolute Gasteiger partial charge is 0.378 e. The Bertz CT molecular complexity index is 494. The Morgan fingerprint density at radius 2 is 1.88 bits per heavy atom. The van der Waals surface area contributed by atoms with Crippen LogP contribution in [0, 0.1) is 5.41 Å². The quantitative estimate of drug-likeness (QED) is 0.439. The molecule has 0 aromatic carbocycles. The van der Waals surface area contributed by atoms with Gasteiger partial charge in [-0.3, -0.25) is 9.89 Å². The van der Waals surface area contributed by atoms with Gasteiger partial charge >= 0.3 is 0 Å². The van der Waals surface area contributed by atoms with Crippen LogP contribution in [0.5, 0.6) is 0 Å². The summed E-state index contributed by atoms with van der Waals surface area (Å²) in [6, 6.07) is 0.884. The van der Waals surface area contributed by atoms with Gasteiger partial charge in [-0.15, -0.1) is 0 Å². The molecule has 25 heavy (non-hydrogen) atoms. The zero-order chi connectivity index (χ0) is 18.7. The number of ether oxygens (including phenoxy) is 1. The van der Waals surface area contributed by atoms with Crippen LogP contribution in [-0.2, 0) is 4.74 Å². The van der Waals surface area contributed by atoms with Crippen LogP contribution in [0.15, 0.2) is 17.1 Å². The highest BCUT2D eigenvalue weighted by molar-refractivity contribution is 5.80. The van der Waals surface area contributed by atoms with E-state index in [0.717, 1.165) is 51.4 Å². The van der Waals surface area contributed by atoms with Gasteiger partial charge in [0.15, 0.2) is 5.96 Å². The number of aliphatic imine (C=N–C) groups is 1. The molecule has 0 bridgehead atoms. The molecule has 2 N–H and O–H groups in total. The lowest BCUT2D eigenvalue weighted by molar-refractivity contribution is -0.176. The first-order valence-electron chi connectivity index (χ1n) is 9.71. The number of piperidine rings is 1. The highest BCUT2D eigenvalue weighted by Crippen LogP contribution is 2.51. The predicted octanol–water partition coefficient (Wildman–Crippen LogP) is 2.79. The Morgan fingerprint density at radius 1 is 1.24 bits per heavy atom. The molecule has 1 saturated carbocycles. The van der Waals surface area contributed by atoms with Crippen molar-refractivity contribution in [3.05, 3.63) is 12.2 Å². The van der Waals surface area contributed by atoms with E-state index in [2.05, 4.69) is 61.7 Å². The van der Waals surface area contributed by atoms with Crippen molar-refractivity contribution in [2.75, 3.05) is 33.3 Å². The summed E-state index contributed by atoms with van der Waals surface area (Å²) in [6.07, 6.45) is 3.32. The minimum Gasteiger partial charge on any atom is -0.378 e. The highest BCUT2D eigenvalue weighted by atomic mass is 16.5. The molecule has 1 aliphatic heterocycles. The number of rotatable bonds is 6. The van der Waals surface area contributed by atoms with Gasteiger partial charge in [-0.2, -0.15) is 0 Å². The van der Waals surface area contributed by atoms with Gasteiger partial charge in [-0.05, 0) is 40.0 Å². The lowest BCUT2D eigenvalue weighted by atomic mass is 9.56. The maximum atomic E-state index is 5.74. The van der Waals surface area contributed by atoms with Crippen LogP contribution in [0.3, 0.4) is 0 Å². The first-order valence-corrected chi connectivity index (χ1v) is 9.71. The molecule has 1 heterocycles. The lowest BCUT2D eigenvalue weighted by Gasteiger charge is -2.59. The topological polar surface area (TPSA) is 48.9 Å². The van der Waals surface area contributed by atoms with Crippen LogP contribution in [0.25, 0.3) is 0 Å². The Labute approximate surface area is 154 Å². The van der Waals surface area contributed by atoms with Crippen LogP contribution < -0.4 is 10.6 Å². The predicted molar refractivity (Wildman–Crippen MR) is 106 cm³/mol. The Balaban J connectivity index is 1.87. The monoisotopic (exact) mass is 350 g/mol. The van der Waals surface area contributed by atoms with Gasteiger partial charge in [-0.25, -0.2) is 0 Å². The van der Waals surface area contributed by atoms with Gasteiger partial charge in [0, 0.05) is 50.8 Å². The van der Waals surface area contributed by atoms with Crippen molar-refractivity contribution in [1.29, 1.82) is 0 Å². The summed E-state index contributed by atoms with van der Waals surface area (Å²) >= 11 is 0. The normalized spacial score (nSPS) is 30.6. The molecule has 0 aromatic heterocycles. The molecular weight excluding hydrogens is 312 g/mol. The Morgan fingerprint density at radius 3 is 2.36 bits per heavy atom. The standard InChI is InChI=1S/C20H38N4O/c1-8-21-18(23-17-13-20(6,25-7)19(17,4)5)22-16-9-11-24(12-10-16)14-15(2)3/h16-17H,2,8-14H2,1,3-7H3,(H2,21,22,23). The van der Waals surface area contributed by atoms with E-state index in [0.29, 0.717) is 12.1 Å². The van der Waals surface area contributed by atoms with Crippen molar-refractivity contribution in [2.24, 2.45) is 10.4 Å². The minimum atomic E-state index is -0.0596. The smallest absolute Gasteiger partial charge is 0.191 e. The Hall–Kier alpha value is -1.07. The van der Waals surface area contributed by atoms with E-state index >= 15 is 0 Å². The van der Waals surface area contributed by atoms with E-state index in [1.165, 1.54) is 5.57 Å². The molecule has 0 radical (unpaired) electrons. The van der Waals surface area contributed by atoms with E-state index in [1.54, 1.807) is 0 Å². The van der Waals surface area contributed by atoms with E-state index < -0.39 is 0 Å². The number of guanidine groups is 1. The SMILES string of the molecule is C=C(C)CN1CCC(NC(=NCC)NC2CC(C)(OC)C2(C)C)CC1. The van der Waals surface area contributed by atoms with Gasteiger partial charge in [0.1, 0.15) is 0 Å². The number of nitrogens with zero attached hydrogens (tertiary/aromatic N) is 2. The highest BCUT2D eigenvalue weighted by Gasteiger charge is 2.58. The summed E-state index contributed by atoms with van der Waals surface area (Å²) in [5.41, 5.74) is 1.27. The third kappa shape index (κ3) is 4.56. The summed E-state index contributed by atoms with van der Waals surface area (Å²) in [5, 5.41) is 7.32. The molecule has 2 atom stereocenters. The number of hydrogen-bond acceptors (Lipinski definition) is 3. The zero-order valence-corrected chi connectivity index (χ0v) is 17.1. The molecule has 0 aromatic rings. The second kappa shape index (κ2) is 8.09. The summed E-state index contributed by atoms with van der Waals surface area (Å²) in [4.78, 5) is 7.16. The molecule has 2 fully saturated rings. The third-order valence-corrected chi connectivity index (χ3v) is 6.33. The molecule has 2 rings (SSSR count). The van der Waals surface area contributed by atoms with E-state index in [4.69, 9.17) is 4.74 Å². The summed E-state index contributed by atoms with van der Waals surface area (Å²) in [7, 11) is 1.82. The van der Waals surface area contributed by atoms with Crippen LogP contribution in [0.1, 0.15) is 53.9 Å². The van der Waals surface area contributed by atoms with E-state index in [9.17, 15) is 0 Å². The number of hydrogen-bond donors (Lipinski definition) is 2. The maximum absolute atomic E-state index is 5.74. The third-order valence-electron chi connectivity index (χ3n) is 6.33. The van der Waals surface area contributed by atoms with Gasteiger partial charge in [0.25, 0.3) is 0 Å². The summed E-state index contributed by atoms with van der Waals surface area (Å²) < 4.78 is 5.74. The molecule has 5 heteroatoms. The van der Waals surface area contributed by atoms with Crippen molar-refractivity contribution in [1.82, 2.24) is 15.5 Å². The Kier molecular flexibility index (Phi) is 6.55. The number of methoxy groups -OCH3 is 1. The molecule has 2 aliphatic rings. The van der Waals surface area contributed by atoms with Crippen LogP contribution in [0.4, 0.5) is 0 Å². The first kappa shape index (κ1) is 20.2. The average Bonchev–Trinajstić information content (AvgIpc) is 2.55. The fourth-order valence-corrected chi connectivity index (χ4v) is 3.99. The molecule has 1 saturated heterocycles. The van der Waals surface area contributed by atoms with Gasteiger partial charge in [-0.1, -0.05) is 26.0 Å². The van der Waals surface area contributed by atoms with Crippen molar-refractivity contribution in [3.8, 4) is 0 Å². The molecular formula is C20H38N4O. The summed E-state index contributed by atoms with van der Waals surface area (Å²) in [5.74, 6) is 0.956. The number of likely N-dealkylation sites (tertiary alicyclic amines) is 1. The molecule has 0 amide bonds. The first-order chi connectivity index (χ1) is 11.7.